The minimum atomic E-state index is 0.314. The Morgan fingerprint density at radius 3 is 2.80 bits per heavy atom. The van der Waals surface area contributed by atoms with Crippen LogP contribution in [0.5, 0.6) is 0 Å². The molecule has 2 aliphatic heterocycles. The topological polar surface area (TPSA) is 44.8 Å². The van der Waals surface area contributed by atoms with E-state index in [0.717, 1.165) is 58.2 Å². The molecule has 1 N–H and O–H groups in total. The van der Waals surface area contributed by atoms with Gasteiger partial charge in [-0.3, -0.25) is 9.69 Å². The Kier molecular flexibility index (Phi) is 7.13. The number of rotatable bonds is 6. The van der Waals surface area contributed by atoms with Gasteiger partial charge < -0.3 is 15.0 Å². The first-order valence-corrected chi connectivity index (χ1v) is 8.84. The van der Waals surface area contributed by atoms with Crippen molar-refractivity contribution in [1.29, 1.82) is 0 Å². The van der Waals surface area contributed by atoms with Gasteiger partial charge in [-0.15, -0.1) is 0 Å². The fourth-order valence-electron chi connectivity index (χ4n) is 2.65. The molecule has 0 aromatic heterocycles. The first kappa shape index (κ1) is 16.1. The quantitative estimate of drug-likeness (QED) is 0.713. The van der Waals surface area contributed by atoms with Gasteiger partial charge in [0.15, 0.2) is 0 Å². The van der Waals surface area contributed by atoms with Crippen molar-refractivity contribution in [3.63, 3.8) is 0 Å². The number of nitrogens with one attached hydrogen (secondary N) is 1. The maximum Gasteiger partial charge on any atom is 0.224 e. The molecule has 20 heavy (non-hydrogen) atoms. The first-order valence-electron chi connectivity index (χ1n) is 7.68. The second-order valence-electron chi connectivity index (χ2n) is 5.35. The van der Waals surface area contributed by atoms with E-state index < -0.39 is 0 Å². The number of carbonyl (C=O) groups is 1. The Labute approximate surface area is 126 Å². The van der Waals surface area contributed by atoms with Crippen LogP contribution in [0.25, 0.3) is 0 Å². The molecule has 6 heteroatoms. The summed E-state index contributed by atoms with van der Waals surface area (Å²) in [5.74, 6) is 2.55. The smallest absolute Gasteiger partial charge is 0.224 e. The molecule has 1 unspecified atom stereocenters. The summed E-state index contributed by atoms with van der Waals surface area (Å²) >= 11 is 1.95. The SMILES string of the molecule is CCOCCN1CCN(C(=O)CC2CSCCN2)CC1. The second kappa shape index (κ2) is 8.87. The standard InChI is InChI=1S/C14H27N3O2S/c1-2-19-9-8-16-4-6-17(7-5-16)14(18)11-13-12-20-10-3-15-13/h13,15H,2-12H2,1H3. The zero-order valence-electron chi connectivity index (χ0n) is 12.5. The molecule has 2 heterocycles. The second-order valence-corrected chi connectivity index (χ2v) is 6.50. The van der Waals surface area contributed by atoms with Gasteiger partial charge in [0.25, 0.3) is 0 Å². The fraction of sp³-hybridized carbons (Fsp3) is 0.929. The van der Waals surface area contributed by atoms with Gasteiger partial charge in [-0.2, -0.15) is 11.8 Å². The van der Waals surface area contributed by atoms with Crippen molar-refractivity contribution in [3.8, 4) is 0 Å². The Balaban J connectivity index is 1.63. The molecule has 1 amide bonds. The number of hydrogen-bond acceptors (Lipinski definition) is 5. The van der Waals surface area contributed by atoms with Crippen LogP contribution < -0.4 is 5.32 Å². The van der Waals surface area contributed by atoms with Crippen molar-refractivity contribution in [2.45, 2.75) is 19.4 Å². The lowest BCUT2D eigenvalue weighted by Gasteiger charge is -2.35. The molecule has 116 valence electrons. The highest BCUT2D eigenvalue weighted by Crippen LogP contribution is 2.12. The number of ether oxygens (including phenoxy) is 1. The van der Waals surface area contributed by atoms with Crippen molar-refractivity contribution in [2.75, 3.05) is 64.0 Å². The molecule has 0 aromatic carbocycles. The molecule has 0 radical (unpaired) electrons. The predicted octanol–water partition coefficient (Wildman–Crippen LogP) is 0.262. The normalized spacial score (nSPS) is 24.9. The van der Waals surface area contributed by atoms with Crippen molar-refractivity contribution >= 4 is 17.7 Å². The predicted molar refractivity (Wildman–Crippen MR) is 83.2 cm³/mol. The highest BCUT2D eigenvalue weighted by Gasteiger charge is 2.24. The third-order valence-electron chi connectivity index (χ3n) is 3.90. The molecule has 0 aromatic rings. The molecule has 0 aliphatic carbocycles. The number of thioether (sulfide) groups is 1. The van der Waals surface area contributed by atoms with Crippen LogP contribution in [0.3, 0.4) is 0 Å². The number of piperazine rings is 1. The van der Waals surface area contributed by atoms with Crippen molar-refractivity contribution in [2.24, 2.45) is 0 Å². The van der Waals surface area contributed by atoms with E-state index in [4.69, 9.17) is 4.74 Å². The van der Waals surface area contributed by atoms with E-state index in [1.54, 1.807) is 0 Å². The van der Waals surface area contributed by atoms with E-state index in [-0.39, 0.29) is 0 Å². The largest absolute Gasteiger partial charge is 0.380 e. The maximum atomic E-state index is 12.3. The van der Waals surface area contributed by atoms with E-state index in [2.05, 4.69) is 10.2 Å². The van der Waals surface area contributed by atoms with Gasteiger partial charge in [-0.05, 0) is 6.92 Å². The molecule has 2 fully saturated rings. The molecule has 2 saturated heterocycles. The van der Waals surface area contributed by atoms with E-state index in [0.29, 0.717) is 18.4 Å². The van der Waals surface area contributed by atoms with Gasteiger partial charge >= 0.3 is 0 Å². The van der Waals surface area contributed by atoms with Gasteiger partial charge in [0.1, 0.15) is 0 Å². The van der Waals surface area contributed by atoms with Crippen LogP contribution in [0.15, 0.2) is 0 Å². The Bertz CT molecular complexity index is 290. The number of carbonyl (C=O) groups excluding carboxylic acids is 1. The van der Waals surface area contributed by atoms with Crippen molar-refractivity contribution in [3.05, 3.63) is 0 Å². The van der Waals surface area contributed by atoms with Gasteiger partial charge in [0.2, 0.25) is 5.91 Å². The van der Waals surface area contributed by atoms with Crippen LogP contribution in [0.1, 0.15) is 13.3 Å². The Morgan fingerprint density at radius 2 is 2.15 bits per heavy atom. The van der Waals surface area contributed by atoms with Crippen LogP contribution in [-0.4, -0.2) is 85.7 Å². The summed E-state index contributed by atoms with van der Waals surface area (Å²) in [4.78, 5) is 16.7. The summed E-state index contributed by atoms with van der Waals surface area (Å²) in [5.41, 5.74) is 0. The van der Waals surface area contributed by atoms with E-state index in [1.807, 2.05) is 23.6 Å². The molecule has 0 spiro atoms. The average molecular weight is 301 g/mol. The molecule has 1 atom stereocenters. The summed E-state index contributed by atoms with van der Waals surface area (Å²) in [6.45, 7) is 9.31. The minimum Gasteiger partial charge on any atom is -0.380 e. The Morgan fingerprint density at radius 1 is 1.35 bits per heavy atom. The van der Waals surface area contributed by atoms with E-state index in [1.165, 1.54) is 5.75 Å². The van der Waals surface area contributed by atoms with E-state index in [9.17, 15) is 4.79 Å². The Hall–Kier alpha value is -0.300. The molecule has 0 bridgehead atoms. The first-order chi connectivity index (χ1) is 9.79. The molecular weight excluding hydrogens is 274 g/mol. The highest BCUT2D eigenvalue weighted by molar-refractivity contribution is 7.99. The summed E-state index contributed by atoms with van der Waals surface area (Å²) in [6.07, 6.45) is 0.659. The zero-order valence-corrected chi connectivity index (χ0v) is 13.3. The minimum absolute atomic E-state index is 0.314. The lowest BCUT2D eigenvalue weighted by Crippen LogP contribution is -2.51. The van der Waals surface area contributed by atoms with Gasteiger partial charge in [0, 0.05) is 69.8 Å². The fourth-order valence-corrected chi connectivity index (χ4v) is 3.60. The van der Waals surface area contributed by atoms with Gasteiger partial charge in [-0.1, -0.05) is 0 Å². The van der Waals surface area contributed by atoms with Crippen LogP contribution in [-0.2, 0) is 9.53 Å². The molecule has 5 nitrogen and oxygen atoms in total. The molecule has 2 rings (SSSR count). The van der Waals surface area contributed by atoms with E-state index >= 15 is 0 Å². The summed E-state index contributed by atoms with van der Waals surface area (Å²) in [6, 6.07) is 0.372. The molecule has 2 aliphatic rings. The highest BCUT2D eigenvalue weighted by atomic mass is 32.2. The lowest BCUT2D eigenvalue weighted by molar-refractivity contribution is -0.133. The molecule has 0 saturated carbocycles. The summed E-state index contributed by atoms with van der Waals surface area (Å²) < 4.78 is 5.38. The van der Waals surface area contributed by atoms with Gasteiger partial charge in [-0.25, -0.2) is 0 Å². The van der Waals surface area contributed by atoms with Crippen molar-refractivity contribution < 1.29 is 9.53 Å². The third kappa shape index (κ3) is 5.24. The monoisotopic (exact) mass is 301 g/mol. The van der Waals surface area contributed by atoms with Crippen molar-refractivity contribution in [1.82, 2.24) is 15.1 Å². The average Bonchev–Trinajstić information content (AvgIpc) is 2.49. The third-order valence-corrected chi connectivity index (χ3v) is 5.03. The molecular formula is C14H27N3O2S. The summed E-state index contributed by atoms with van der Waals surface area (Å²) in [5, 5.41) is 3.44. The van der Waals surface area contributed by atoms with Gasteiger partial charge in [0.05, 0.1) is 6.61 Å². The van der Waals surface area contributed by atoms with Crippen LogP contribution in [0, 0.1) is 0 Å². The van der Waals surface area contributed by atoms with Crippen LogP contribution in [0.4, 0.5) is 0 Å². The zero-order chi connectivity index (χ0) is 14.2. The van der Waals surface area contributed by atoms with Crippen LogP contribution in [0.2, 0.25) is 0 Å². The summed E-state index contributed by atoms with van der Waals surface area (Å²) in [7, 11) is 0. The number of nitrogens with zero attached hydrogens (tertiary/aromatic N) is 2. The van der Waals surface area contributed by atoms with Crippen LogP contribution >= 0.6 is 11.8 Å². The maximum absolute atomic E-state index is 12.3. The number of amides is 1. The number of hydrogen-bond donors (Lipinski definition) is 1. The lowest BCUT2D eigenvalue weighted by atomic mass is 10.2.